The SMILES string of the molecule is COCCNCCC(=O)Nc1sc2c(c1-c1nc3cc(Br)ccc3s1)CCN(C(=O)OC(C)(C)C)C2. The van der Waals surface area contributed by atoms with Crippen LogP contribution >= 0.6 is 38.6 Å². The molecule has 1 aliphatic rings. The van der Waals surface area contributed by atoms with Crippen molar-refractivity contribution in [1.82, 2.24) is 15.2 Å². The minimum absolute atomic E-state index is 0.0624. The van der Waals surface area contributed by atoms with Crippen LogP contribution in [0.25, 0.3) is 20.8 Å². The van der Waals surface area contributed by atoms with Crippen LogP contribution in [0.5, 0.6) is 0 Å². The number of aromatic nitrogens is 1. The van der Waals surface area contributed by atoms with E-state index in [-0.39, 0.29) is 12.0 Å². The molecule has 3 heterocycles. The van der Waals surface area contributed by atoms with Crippen molar-refractivity contribution in [2.24, 2.45) is 0 Å². The summed E-state index contributed by atoms with van der Waals surface area (Å²) in [4.78, 5) is 33.2. The van der Waals surface area contributed by atoms with Crippen LogP contribution < -0.4 is 10.6 Å². The van der Waals surface area contributed by atoms with Gasteiger partial charge in [0.15, 0.2) is 0 Å². The van der Waals surface area contributed by atoms with Gasteiger partial charge in [-0.3, -0.25) is 4.79 Å². The maximum Gasteiger partial charge on any atom is 0.410 e. The molecule has 0 bridgehead atoms. The Labute approximate surface area is 227 Å². The lowest BCUT2D eigenvalue weighted by atomic mass is 10.0. The highest BCUT2D eigenvalue weighted by molar-refractivity contribution is 9.10. The summed E-state index contributed by atoms with van der Waals surface area (Å²) in [6.07, 6.45) is 0.706. The number of amides is 2. The number of hydrogen-bond acceptors (Lipinski definition) is 8. The van der Waals surface area contributed by atoms with Gasteiger partial charge in [0.25, 0.3) is 0 Å². The van der Waals surface area contributed by atoms with Gasteiger partial charge in [0.1, 0.15) is 15.6 Å². The third-order valence-corrected chi connectivity index (χ3v) is 8.22. The van der Waals surface area contributed by atoms with E-state index in [0.717, 1.165) is 40.7 Å². The molecule has 0 saturated carbocycles. The molecule has 2 amide bonds. The number of rotatable bonds is 8. The Morgan fingerprint density at radius 2 is 2.03 bits per heavy atom. The topological polar surface area (TPSA) is 92.8 Å². The number of halogens is 1. The normalized spacial score (nSPS) is 13.6. The number of carbonyl (C=O) groups is 2. The highest BCUT2D eigenvalue weighted by atomic mass is 79.9. The molecule has 11 heteroatoms. The maximum atomic E-state index is 12.8. The fraction of sp³-hybridized carbons (Fsp3) is 0.480. The number of ether oxygens (including phenoxy) is 2. The lowest BCUT2D eigenvalue weighted by Crippen LogP contribution is -2.39. The molecule has 2 N–H and O–H groups in total. The molecule has 0 unspecified atom stereocenters. The summed E-state index contributed by atoms with van der Waals surface area (Å²) in [6, 6.07) is 6.06. The van der Waals surface area contributed by atoms with E-state index >= 15 is 0 Å². The first-order chi connectivity index (χ1) is 17.1. The highest BCUT2D eigenvalue weighted by Crippen LogP contribution is 2.46. The van der Waals surface area contributed by atoms with Gasteiger partial charge in [-0.05, 0) is 51.0 Å². The maximum absolute atomic E-state index is 12.8. The van der Waals surface area contributed by atoms with Crippen LogP contribution in [0.2, 0.25) is 0 Å². The summed E-state index contributed by atoms with van der Waals surface area (Å²) in [6.45, 7) is 8.48. The van der Waals surface area contributed by atoms with Crippen LogP contribution in [0.1, 0.15) is 37.6 Å². The van der Waals surface area contributed by atoms with Crippen LogP contribution in [0.15, 0.2) is 22.7 Å². The molecule has 194 valence electrons. The number of benzene rings is 1. The molecule has 3 aromatic rings. The molecule has 8 nitrogen and oxygen atoms in total. The first-order valence-corrected chi connectivity index (χ1v) is 14.3. The Morgan fingerprint density at radius 3 is 2.78 bits per heavy atom. The smallest absolute Gasteiger partial charge is 0.410 e. The van der Waals surface area contributed by atoms with Gasteiger partial charge in [-0.1, -0.05) is 15.9 Å². The zero-order chi connectivity index (χ0) is 25.9. The number of carbonyl (C=O) groups excluding carboxylic acids is 2. The van der Waals surface area contributed by atoms with Gasteiger partial charge in [0, 0.05) is 48.1 Å². The number of nitrogens with one attached hydrogen (secondary N) is 2. The van der Waals surface area contributed by atoms with E-state index in [4.69, 9.17) is 14.5 Å². The first-order valence-electron chi connectivity index (χ1n) is 11.8. The van der Waals surface area contributed by atoms with E-state index in [1.54, 1.807) is 23.3 Å². The molecule has 0 saturated heterocycles. The standard InChI is InChI=1S/C25H31BrN4O4S2/c1-25(2,3)34-24(32)30-11-8-16-19(14-30)36-23(29-20(31)7-9-27-10-12-33-4)21(16)22-28-17-13-15(26)5-6-18(17)35-22/h5-6,13,27H,7-12,14H2,1-4H3,(H,29,31). The Hall–Kier alpha value is -2.05. The molecule has 36 heavy (non-hydrogen) atoms. The van der Waals surface area contributed by atoms with Gasteiger partial charge in [0.2, 0.25) is 5.91 Å². The van der Waals surface area contributed by atoms with E-state index in [9.17, 15) is 9.59 Å². The number of fused-ring (bicyclic) bond motifs is 2. The molecule has 1 aliphatic heterocycles. The summed E-state index contributed by atoms with van der Waals surface area (Å²) < 4.78 is 12.7. The number of hydrogen-bond donors (Lipinski definition) is 2. The third kappa shape index (κ3) is 6.63. The van der Waals surface area contributed by atoms with Crippen LogP contribution in [-0.4, -0.2) is 60.8 Å². The molecule has 0 fully saturated rings. The van der Waals surface area contributed by atoms with Crippen molar-refractivity contribution >= 4 is 65.8 Å². The number of thiazole rings is 1. The van der Waals surface area contributed by atoms with E-state index in [0.29, 0.717) is 45.6 Å². The Kier molecular flexibility index (Phi) is 8.67. The Balaban J connectivity index is 1.61. The second-order valence-corrected chi connectivity index (χ2v) is 12.6. The van der Waals surface area contributed by atoms with Crippen molar-refractivity contribution in [3.63, 3.8) is 0 Å². The average molecular weight is 596 g/mol. The first kappa shape index (κ1) is 27.0. The van der Waals surface area contributed by atoms with Crippen molar-refractivity contribution in [1.29, 1.82) is 0 Å². The lowest BCUT2D eigenvalue weighted by Gasteiger charge is -2.30. The van der Waals surface area contributed by atoms with Crippen LogP contribution in [-0.2, 0) is 27.2 Å². The number of anilines is 1. The van der Waals surface area contributed by atoms with E-state index in [1.165, 1.54) is 11.3 Å². The van der Waals surface area contributed by atoms with E-state index in [2.05, 4.69) is 26.6 Å². The second-order valence-electron chi connectivity index (χ2n) is 9.53. The molecule has 0 atom stereocenters. The Morgan fingerprint density at radius 1 is 1.22 bits per heavy atom. The number of nitrogens with zero attached hydrogens (tertiary/aromatic N) is 2. The summed E-state index contributed by atoms with van der Waals surface area (Å²) in [5.41, 5.74) is 2.47. The molecule has 1 aromatic carbocycles. The zero-order valence-electron chi connectivity index (χ0n) is 20.9. The zero-order valence-corrected chi connectivity index (χ0v) is 24.1. The van der Waals surface area contributed by atoms with Gasteiger partial charge >= 0.3 is 6.09 Å². The summed E-state index contributed by atoms with van der Waals surface area (Å²) >= 11 is 6.66. The van der Waals surface area contributed by atoms with E-state index in [1.807, 2.05) is 39.0 Å². The van der Waals surface area contributed by atoms with Crippen molar-refractivity contribution in [3.05, 3.63) is 33.1 Å². The van der Waals surface area contributed by atoms with Crippen molar-refractivity contribution in [2.75, 3.05) is 38.7 Å². The quantitative estimate of drug-likeness (QED) is 0.328. The molecule has 0 aliphatic carbocycles. The minimum Gasteiger partial charge on any atom is -0.444 e. The predicted molar refractivity (Wildman–Crippen MR) is 149 cm³/mol. The second kappa shape index (κ2) is 11.6. The average Bonchev–Trinajstić information content (AvgIpc) is 3.37. The summed E-state index contributed by atoms with van der Waals surface area (Å²) in [7, 11) is 1.65. The largest absolute Gasteiger partial charge is 0.444 e. The van der Waals surface area contributed by atoms with Crippen LogP contribution in [0, 0.1) is 0 Å². The summed E-state index contributed by atoms with van der Waals surface area (Å²) in [5, 5.41) is 7.99. The van der Waals surface area contributed by atoms with Crippen LogP contribution in [0.3, 0.4) is 0 Å². The minimum atomic E-state index is -0.552. The number of methoxy groups -OCH3 is 1. The predicted octanol–water partition coefficient (Wildman–Crippen LogP) is 5.65. The van der Waals surface area contributed by atoms with Crippen LogP contribution in [0.4, 0.5) is 9.80 Å². The van der Waals surface area contributed by atoms with Crippen molar-refractivity contribution < 1.29 is 19.1 Å². The fourth-order valence-electron chi connectivity index (χ4n) is 3.90. The van der Waals surface area contributed by atoms with Gasteiger partial charge < -0.3 is 25.0 Å². The molecule has 0 radical (unpaired) electrons. The van der Waals surface area contributed by atoms with Gasteiger partial charge in [-0.2, -0.15) is 0 Å². The molecule has 0 spiro atoms. The molecule has 2 aromatic heterocycles. The van der Waals surface area contributed by atoms with Crippen molar-refractivity contribution in [3.8, 4) is 10.6 Å². The number of thiophene rings is 1. The molecular weight excluding hydrogens is 564 g/mol. The van der Waals surface area contributed by atoms with Gasteiger partial charge in [0.05, 0.1) is 23.4 Å². The molecule has 4 rings (SSSR count). The van der Waals surface area contributed by atoms with Gasteiger partial charge in [-0.15, -0.1) is 22.7 Å². The lowest BCUT2D eigenvalue weighted by molar-refractivity contribution is -0.116. The third-order valence-electron chi connectivity index (χ3n) is 5.54. The van der Waals surface area contributed by atoms with E-state index < -0.39 is 5.60 Å². The van der Waals surface area contributed by atoms with Crippen molar-refractivity contribution in [2.45, 2.75) is 45.8 Å². The fourth-order valence-corrected chi connectivity index (χ4v) is 6.62. The Bertz CT molecular complexity index is 1250. The highest BCUT2D eigenvalue weighted by Gasteiger charge is 2.31. The summed E-state index contributed by atoms with van der Waals surface area (Å²) in [5.74, 6) is -0.0624. The molecular formula is C25H31BrN4O4S2. The monoisotopic (exact) mass is 594 g/mol. The van der Waals surface area contributed by atoms with Gasteiger partial charge in [-0.25, -0.2) is 9.78 Å².